The van der Waals surface area contributed by atoms with Crippen LogP contribution in [0.15, 0.2) is 84.9 Å². The number of aromatic hydroxyl groups is 1. The summed E-state index contributed by atoms with van der Waals surface area (Å²) in [7, 11) is 0. The second-order valence-electron chi connectivity index (χ2n) is 12.3. The largest absolute Gasteiger partial charge is 0.508 e. The van der Waals surface area contributed by atoms with Crippen molar-refractivity contribution in [2.45, 2.75) is 87.0 Å². The maximum Gasteiger partial charge on any atom is 0.118 e. The van der Waals surface area contributed by atoms with Crippen LogP contribution in [0.5, 0.6) is 5.75 Å². The summed E-state index contributed by atoms with van der Waals surface area (Å²) in [6, 6.07) is 31.0. The van der Waals surface area contributed by atoms with E-state index in [1.54, 1.807) is 6.07 Å². The number of hydrogen-bond acceptors (Lipinski definition) is 1. The molecule has 0 radical (unpaired) electrons. The van der Waals surface area contributed by atoms with Crippen molar-refractivity contribution in [3.8, 4) is 5.75 Å². The standard InChI is InChI=1S/C35H40O.C3H8/c1-25-20-31(23-32-16-19-34(36)26(2)21-32)15-18-33(25)17-14-27-6-8-28(9-7-27)22-29-10-12-30(13-11-29)24-35(3,4)5;1-3-2/h6-13,15-16,18-21,36H,14,17,22-24H2,1-5H3;3H2,1-2H3. The summed E-state index contributed by atoms with van der Waals surface area (Å²) in [6.45, 7) is 15.3. The van der Waals surface area contributed by atoms with Crippen molar-refractivity contribution in [2.75, 3.05) is 0 Å². The van der Waals surface area contributed by atoms with E-state index in [4.69, 9.17) is 0 Å². The molecule has 0 atom stereocenters. The Hall–Kier alpha value is -3.32. The molecule has 0 spiro atoms. The average Bonchev–Trinajstić information content (AvgIpc) is 2.87. The lowest BCUT2D eigenvalue weighted by atomic mass is 9.88. The molecule has 4 aromatic rings. The second kappa shape index (κ2) is 14.2. The Balaban J connectivity index is 0.00000134. The second-order valence-corrected chi connectivity index (χ2v) is 12.3. The van der Waals surface area contributed by atoms with Crippen LogP contribution in [0.4, 0.5) is 0 Å². The monoisotopic (exact) mass is 520 g/mol. The van der Waals surface area contributed by atoms with Gasteiger partial charge in [-0.15, -0.1) is 0 Å². The Labute approximate surface area is 238 Å². The summed E-state index contributed by atoms with van der Waals surface area (Å²) in [6.07, 6.45) is 6.35. The maximum atomic E-state index is 9.76. The van der Waals surface area contributed by atoms with Gasteiger partial charge in [0, 0.05) is 0 Å². The molecule has 39 heavy (non-hydrogen) atoms. The van der Waals surface area contributed by atoms with Crippen LogP contribution in [0.2, 0.25) is 0 Å². The van der Waals surface area contributed by atoms with Crippen LogP contribution in [0.1, 0.15) is 91.1 Å². The normalized spacial score (nSPS) is 11.2. The van der Waals surface area contributed by atoms with Crippen molar-refractivity contribution in [3.63, 3.8) is 0 Å². The SMILES string of the molecule is CCC.Cc1cc(Cc2ccc(CCc3ccc(Cc4ccc(CC(C)(C)C)cc4)cc3)c(C)c2)ccc1O. The van der Waals surface area contributed by atoms with E-state index >= 15 is 0 Å². The van der Waals surface area contributed by atoms with Gasteiger partial charge in [0.2, 0.25) is 0 Å². The van der Waals surface area contributed by atoms with Crippen molar-refractivity contribution in [3.05, 3.63) is 135 Å². The number of rotatable bonds is 8. The number of phenolic OH excluding ortho intramolecular Hbond substituents is 1. The van der Waals surface area contributed by atoms with E-state index in [9.17, 15) is 5.11 Å². The Bertz CT molecular complexity index is 1300. The molecule has 0 aliphatic heterocycles. The zero-order chi connectivity index (χ0) is 28.4. The van der Waals surface area contributed by atoms with E-state index in [0.29, 0.717) is 11.2 Å². The minimum absolute atomic E-state index is 0.324. The summed E-state index contributed by atoms with van der Waals surface area (Å²) < 4.78 is 0. The summed E-state index contributed by atoms with van der Waals surface area (Å²) in [5, 5.41) is 9.76. The highest BCUT2D eigenvalue weighted by Gasteiger charge is 2.11. The van der Waals surface area contributed by atoms with Gasteiger partial charge in [0.1, 0.15) is 5.75 Å². The van der Waals surface area contributed by atoms with Crippen molar-refractivity contribution in [2.24, 2.45) is 5.41 Å². The minimum atomic E-state index is 0.324. The zero-order valence-electron chi connectivity index (χ0n) is 25.3. The van der Waals surface area contributed by atoms with E-state index in [0.717, 1.165) is 37.7 Å². The Kier molecular flexibility index (Phi) is 11.0. The molecule has 0 heterocycles. The summed E-state index contributed by atoms with van der Waals surface area (Å²) >= 11 is 0. The number of aryl methyl sites for hydroxylation is 4. The average molecular weight is 521 g/mol. The fourth-order valence-corrected chi connectivity index (χ4v) is 4.94. The first kappa shape index (κ1) is 30.2. The van der Waals surface area contributed by atoms with Gasteiger partial charge in [-0.3, -0.25) is 0 Å². The summed E-state index contributed by atoms with van der Waals surface area (Å²) in [5.74, 6) is 0.364. The van der Waals surface area contributed by atoms with Crippen molar-refractivity contribution >= 4 is 0 Å². The summed E-state index contributed by atoms with van der Waals surface area (Å²) in [4.78, 5) is 0. The van der Waals surface area contributed by atoms with Gasteiger partial charge in [-0.25, -0.2) is 0 Å². The Morgan fingerprint density at radius 3 is 1.49 bits per heavy atom. The van der Waals surface area contributed by atoms with Gasteiger partial charge in [0.25, 0.3) is 0 Å². The highest BCUT2D eigenvalue weighted by atomic mass is 16.3. The molecule has 1 heteroatoms. The molecular formula is C38H48O. The minimum Gasteiger partial charge on any atom is -0.508 e. The van der Waals surface area contributed by atoms with Crippen LogP contribution in [-0.4, -0.2) is 5.11 Å². The van der Waals surface area contributed by atoms with E-state index in [1.807, 2.05) is 13.0 Å². The molecule has 0 unspecified atom stereocenters. The zero-order valence-corrected chi connectivity index (χ0v) is 25.3. The smallest absolute Gasteiger partial charge is 0.118 e. The summed E-state index contributed by atoms with van der Waals surface area (Å²) in [5.41, 5.74) is 12.1. The van der Waals surface area contributed by atoms with Gasteiger partial charge >= 0.3 is 0 Å². The van der Waals surface area contributed by atoms with Crippen LogP contribution >= 0.6 is 0 Å². The molecule has 1 nitrogen and oxygen atoms in total. The van der Waals surface area contributed by atoms with Gasteiger partial charge in [-0.05, 0) is 108 Å². The number of benzene rings is 4. The molecule has 4 aromatic carbocycles. The lowest BCUT2D eigenvalue weighted by Crippen LogP contribution is -2.08. The fourth-order valence-electron chi connectivity index (χ4n) is 4.94. The third-order valence-electron chi connectivity index (χ3n) is 6.95. The van der Waals surface area contributed by atoms with E-state index < -0.39 is 0 Å². The van der Waals surface area contributed by atoms with Gasteiger partial charge in [0.15, 0.2) is 0 Å². The van der Waals surface area contributed by atoms with Crippen LogP contribution in [0.25, 0.3) is 0 Å². The maximum absolute atomic E-state index is 9.76. The van der Waals surface area contributed by atoms with Gasteiger partial charge < -0.3 is 5.11 Å². The number of phenols is 1. The third kappa shape index (κ3) is 10.1. The fraction of sp³-hybridized carbons (Fsp3) is 0.368. The van der Waals surface area contributed by atoms with Crippen molar-refractivity contribution in [1.29, 1.82) is 0 Å². The predicted octanol–water partition coefficient (Wildman–Crippen LogP) is 9.98. The van der Waals surface area contributed by atoms with Crippen LogP contribution in [-0.2, 0) is 32.1 Å². The topological polar surface area (TPSA) is 20.2 Å². The van der Waals surface area contributed by atoms with E-state index in [2.05, 4.69) is 114 Å². The molecule has 206 valence electrons. The lowest BCUT2D eigenvalue weighted by Gasteiger charge is -2.18. The quantitative estimate of drug-likeness (QED) is 0.245. The molecule has 4 rings (SSSR count). The molecule has 0 aliphatic carbocycles. The molecule has 0 aliphatic rings. The molecule has 1 N–H and O–H groups in total. The molecule has 0 fully saturated rings. The van der Waals surface area contributed by atoms with Crippen LogP contribution < -0.4 is 0 Å². The first-order valence-electron chi connectivity index (χ1n) is 14.6. The van der Waals surface area contributed by atoms with E-state index in [-0.39, 0.29) is 0 Å². The first-order chi connectivity index (χ1) is 18.6. The molecular weight excluding hydrogens is 472 g/mol. The van der Waals surface area contributed by atoms with Crippen molar-refractivity contribution in [1.82, 2.24) is 0 Å². The Morgan fingerprint density at radius 1 is 0.538 bits per heavy atom. The lowest BCUT2D eigenvalue weighted by molar-refractivity contribution is 0.411. The molecule has 0 amide bonds. The first-order valence-corrected chi connectivity index (χ1v) is 14.6. The highest BCUT2D eigenvalue weighted by molar-refractivity contribution is 5.39. The number of hydrogen-bond donors (Lipinski definition) is 1. The predicted molar refractivity (Wildman–Crippen MR) is 169 cm³/mol. The third-order valence-corrected chi connectivity index (χ3v) is 6.95. The molecule has 0 saturated carbocycles. The van der Waals surface area contributed by atoms with Crippen LogP contribution in [0.3, 0.4) is 0 Å². The molecule has 0 aromatic heterocycles. The van der Waals surface area contributed by atoms with Gasteiger partial charge in [-0.2, -0.15) is 0 Å². The van der Waals surface area contributed by atoms with Crippen LogP contribution in [0, 0.1) is 19.3 Å². The molecule has 0 bridgehead atoms. The van der Waals surface area contributed by atoms with Gasteiger partial charge in [0.05, 0.1) is 0 Å². The highest BCUT2D eigenvalue weighted by Crippen LogP contribution is 2.23. The van der Waals surface area contributed by atoms with Gasteiger partial charge in [-0.1, -0.05) is 120 Å². The molecule has 0 saturated heterocycles. The van der Waals surface area contributed by atoms with Crippen molar-refractivity contribution < 1.29 is 5.11 Å². The van der Waals surface area contributed by atoms with E-state index in [1.165, 1.54) is 50.9 Å². The Morgan fingerprint density at radius 2 is 0.974 bits per heavy atom.